The average Bonchev–Trinajstić information content (AvgIpc) is 2.40. The van der Waals surface area contributed by atoms with Gasteiger partial charge in [-0.05, 0) is 47.7 Å². The van der Waals surface area contributed by atoms with Crippen LogP contribution < -0.4 is 4.74 Å². The molecular formula is C17H24O2Si. The quantitative estimate of drug-likeness (QED) is 0.603. The van der Waals surface area contributed by atoms with Crippen LogP contribution in [-0.2, 0) is 4.79 Å². The number of benzene rings is 1. The molecule has 0 aliphatic heterocycles. The molecule has 2 nitrogen and oxygen atoms in total. The molecule has 0 heterocycles. The number of ketones is 1. The Morgan fingerprint density at radius 1 is 1.30 bits per heavy atom. The molecule has 20 heavy (non-hydrogen) atoms. The molecule has 0 spiro atoms. The summed E-state index contributed by atoms with van der Waals surface area (Å²) in [6, 6.07) is 7.91. The van der Waals surface area contributed by atoms with Gasteiger partial charge in [-0.25, -0.2) is 0 Å². The van der Waals surface area contributed by atoms with Crippen molar-refractivity contribution in [3.63, 3.8) is 0 Å². The number of Topliss-reactive ketones (excluding diaryl/α,β-unsaturated/α-hetero) is 1. The Labute approximate surface area is 122 Å². The second kappa shape index (κ2) is 5.96. The number of allylic oxidation sites excluding steroid dienone is 1. The summed E-state index contributed by atoms with van der Waals surface area (Å²) >= 11 is 0. The van der Waals surface area contributed by atoms with E-state index in [4.69, 9.17) is 4.74 Å². The first-order valence-electron chi connectivity index (χ1n) is 7.28. The van der Waals surface area contributed by atoms with Crippen molar-refractivity contribution < 1.29 is 9.53 Å². The predicted octanol–water partition coefficient (Wildman–Crippen LogP) is 4.54. The second-order valence-electron chi connectivity index (χ2n) is 6.68. The summed E-state index contributed by atoms with van der Waals surface area (Å²) < 4.78 is 5.24. The van der Waals surface area contributed by atoms with Gasteiger partial charge in [-0.2, -0.15) is 0 Å². The van der Waals surface area contributed by atoms with Gasteiger partial charge in [-0.3, -0.25) is 4.79 Å². The fraction of sp³-hybridized carbons (Fsp3) is 0.471. The largest absolute Gasteiger partial charge is 0.497 e. The highest BCUT2D eigenvalue weighted by molar-refractivity contribution is 6.77. The van der Waals surface area contributed by atoms with Crippen molar-refractivity contribution in [1.82, 2.24) is 0 Å². The highest BCUT2D eigenvalue weighted by Gasteiger charge is 2.32. The van der Waals surface area contributed by atoms with Gasteiger partial charge in [0.05, 0.1) is 7.11 Å². The third-order valence-corrected chi connectivity index (χ3v) is 7.15. The minimum absolute atomic E-state index is 0.322. The summed E-state index contributed by atoms with van der Waals surface area (Å²) in [5, 5.41) is 0. The summed E-state index contributed by atoms with van der Waals surface area (Å²) in [4.78, 5) is 12.1. The van der Waals surface area contributed by atoms with Crippen LogP contribution in [-0.4, -0.2) is 21.0 Å². The van der Waals surface area contributed by atoms with Crippen molar-refractivity contribution in [2.75, 3.05) is 7.11 Å². The van der Waals surface area contributed by atoms with E-state index in [9.17, 15) is 4.79 Å². The number of hydrogen-bond donors (Lipinski definition) is 0. The molecule has 1 unspecified atom stereocenters. The van der Waals surface area contributed by atoms with Gasteiger partial charge in [-0.15, -0.1) is 0 Å². The lowest BCUT2D eigenvalue weighted by molar-refractivity contribution is -0.116. The highest BCUT2D eigenvalue weighted by Crippen LogP contribution is 2.38. The van der Waals surface area contributed by atoms with Gasteiger partial charge in [0, 0.05) is 14.5 Å². The molecular weight excluding hydrogens is 264 g/mol. The maximum Gasteiger partial charge on any atom is 0.158 e. The molecule has 3 heteroatoms. The second-order valence-corrected chi connectivity index (χ2v) is 12.2. The number of rotatable bonds is 3. The van der Waals surface area contributed by atoms with Gasteiger partial charge in [0.25, 0.3) is 0 Å². The lowest BCUT2D eigenvalue weighted by Crippen LogP contribution is -2.32. The van der Waals surface area contributed by atoms with Crippen molar-refractivity contribution in [1.29, 1.82) is 0 Å². The molecule has 1 fully saturated rings. The predicted molar refractivity (Wildman–Crippen MR) is 86.9 cm³/mol. The van der Waals surface area contributed by atoms with Crippen LogP contribution in [0.2, 0.25) is 25.2 Å². The van der Waals surface area contributed by atoms with Gasteiger partial charge < -0.3 is 4.74 Å². The lowest BCUT2D eigenvalue weighted by Gasteiger charge is -2.33. The van der Waals surface area contributed by atoms with Crippen LogP contribution in [0, 0.1) is 0 Å². The zero-order valence-electron chi connectivity index (χ0n) is 12.9. The smallest absolute Gasteiger partial charge is 0.158 e. The number of methoxy groups -OCH3 is 1. The Morgan fingerprint density at radius 3 is 2.70 bits per heavy atom. The zero-order chi connectivity index (χ0) is 14.8. The van der Waals surface area contributed by atoms with Crippen LogP contribution in [0.15, 0.2) is 29.8 Å². The van der Waals surface area contributed by atoms with E-state index in [1.165, 1.54) is 0 Å². The van der Waals surface area contributed by atoms with E-state index in [-0.39, 0.29) is 0 Å². The first-order valence-corrected chi connectivity index (χ1v) is 10.9. The van der Waals surface area contributed by atoms with Gasteiger partial charge in [0.1, 0.15) is 5.75 Å². The van der Waals surface area contributed by atoms with Crippen LogP contribution in [0.4, 0.5) is 0 Å². The van der Waals surface area contributed by atoms with Gasteiger partial charge in [-0.1, -0.05) is 31.8 Å². The van der Waals surface area contributed by atoms with E-state index in [2.05, 4.69) is 25.7 Å². The molecule has 1 aliphatic carbocycles. The van der Waals surface area contributed by atoms with Crippen molar-refractivity contribution in [3.8, 4) is 5.75 Å². The van der Waals surface area contributed by atoms with Crippen molar-refractivity contribution >= 4 is 19.9 Å². The molecule has 0 aromatic heterocycles. The standard InChI is InChI=1S/C17H24O2Si/c1-19-15-7-5-6-13(11-15)10-14-12-16(20(2,3)4)8-9-17(14)18/h5-7,10-11,16H,8-9,12H2,1-4H3/b14-10-. The van der Waals surface area contributed by atoms with E-state index >= 15 is 0 Å². The summed E-state index contributed by atoms with van der Waals surface area (Å²) in [6.45, 7) is 7.20. The van der Waals surface area contributed by atoms with Gasteiger partial charge in [0.2, 0.25) is 0 Å². The molecule has 2 rings (SSSR count). The Hall–Kier alpha value is -1.35. The fourth-order valence-electron chi connectivity index (χ4n) is 2.76. The average molecular weight is 288 g/mol. The van der Waals surface area contributed by atoms with Crippen molar-refractivity contribution in [3.05, 3.63) is 35.4 Å². The first kappa shape index (κ1) is 15.0. The van der Waals surface area contributed by atoms with Gasteiger partial charge >= 0.3 is 0 Å². The topological polar surface area (TPSA) is 26.3 Å². The zero-order valence-corrected chi connectivity index (χ0v) is 13.9. The molecule has 1 saturated carbocycles. The van der Waals surface area contributed by atoms with Crippen LogP contribution >= 0.6 is 0 Å². The van der Waals surface area contributed by atoms with Crippen LogP contribution in [0.3, 0.4) is 0 Å². The third kappa shape index (κ3) is 3.60. The number of carbonyl (C=O) groups is 1. The van der Waals surface area contributed by atoms with Gasteiger partial charge in [0.15, 0.2) is 5.78 Å². The highest BCUT2D eigenvalue weighted by atomic mass is 28.3. The molecule has 1 aliphatic rings. The van der Waals surface area contributed by atoms with Crippen molar-refractivity contribution in [2.45, 2.75) is 44.4 Å². The van der Waals surface area contributed by atoms with E-state index in [1.807, 2.05) is 24.3 Å². The molecule has 1 aromatic carbocycles. The summed E-state index contributed by atoms with van der Waals surface area (Å²) in [6.07, 6.45) is 4.79. The molecule has 108 valence electrons. The summed E-state index contributed by atoms with van der Waals surface area (Å²) in [5.74, 6) is 1.16. The Morgan fingerprint density at radius 2 is 2.05 bits per heavy atom. The first-order chi connectivity index (χ1) is 9.40. The molecule has 0 amide bonds. The molecule has 0 N–H and O–H groups in total. The minimum Gasteiger partial charge on any atom is -0.497 e. The molecule has 1 atom stereocenters. The summed E-state index contributed by atoms with van der Waals surface area (Å²) in [5.41, 5.74) is 2.78. The lowest BCUT2D eigenvalue weighted by atomic mass is 9.91. The van der Waals surface area contributed by atoms with Crippen LogP contribution in [0.5, 0.6) is 5.75 Å². The molecule has 0 bridgehead atoms. The number of carbonyl (C=O) groups excluding carboxylic acids is 1. The fourth-order valence-corrected chi connectivity index (χ4v) is 4.60. The maximum absolute atomic E-state index is 12.1. The van der Waals surface area contributed by atoms with Crippen LogP contribution in [0.25, 0.3) is 6.08 Å². The third-order valence-electron chi connectivity index (χ3n) is 4.20. The Bertz CT molecular complexity index is 526. The number of ether oxygens (including phenoxy) is 1. The SMILES string of the molecule is COc1cccc(/C=C2/CC([Si](C)(C)C)CCC2=O)c1. The molecule has 0 radical (unpaired) electrons. The molecule has 0 saturated heterocycles. The van der Waals surface area contributed by atoms with E-state index in [0.717, 1.165) is 35.3 Å². The minimum atomic E-state index is -1.18. The Balaban J connectivity index is 2.24. The Kier molecular flexibility index (Phi) is 4.48. The maximum atomic E-state index is 12.1. The molecule has 1 aromatic rings. The van der Waals surface area contributed by atoms with E-state index in [0.29, 0.717) is 12.2 Å². The van der Waals surface area contributed by atoms with E-state index < -0.39 is 8.07 Å². The monoisotopic (exact) mass is 288 g/mol. The number of hydrogen-bond acceptors (Lipinski definition) is 2. The normalized spacial score (nSPS) is 22.1. The summed E-state index contributed by atoms with van der Waals surface area (Å²) in [7, 11) is 0.485. The van der Waals surface area contributed by atoms with Crippen molar-refractivity contribution in [2.24, 2.45) is 0 Å². The van der Waals surface area contributed by atoms with E-state index in [1.54, 1.807) is 7.11 Å². The van der Waals surface area contributed by atoms with Crippen LogP contribution in [0.1, 0.15) is 24.8 Å².